The van der Waals surface area contributed by atoms with E-state index in [1.54, 1.807) is 0 Å². The molecule has 0 aliphatic heterocycles. The Morgan fingerprint density at radius 2 is 1.89 bits per heavy atom. The summed E-state index contributed by atoms with van der Waals surface area (Å²) < 4.78 is 5.96. The van der Waals surface area contributed by atoms with Crippen molar-refractivity contribution < 1.29 is 9.84 Å². The number of ether oxygens (including phenoxy) is 1. The number of aliphatic hydroxyl groups is 1. The minimum atomic E-state index is 0.111. The van der Waals surface area contributed by atoms with Crippen molar-refractivity contribution in [3.8, 4) is 17.6 Å². The van der Waals surface area contributed by atoms with Gasteiger partial charge >= 0.3 is 0 Å². The van der Waals surface area contributed by atoms with Crippen LogP contribution in [0.3, 0.4) is 0 Å². The highest BCUT2D eigenvalue weighted by Gasteiger charge is 2.09. The summed E-state index contributed by atoms with van der Waals surface area (Å²) in [5.74, 6) is 7.75. The Bertz CT molecular complexity index is 421. The first-order valence-corrected chi connectivity index (χ1v) is 7.46. The first kappa shape index (κ1) is 15.9. The van der Waals surface area contributed by atoms with E-state index < -0.39 is 0 Å². The molecule has 0 spiro atoms. The zero-order valence-electron chi connectivity index (χ0n) is 11.9. The van der Waals surface area contributed by atoms with E-state index in [2.05, 4.69) is 32.6 Å². The van der Waals surface area contributed by atoms with E-state index >= 15 is 0 Å². The Morgan fingerprint density at radius 1 is 1.21 bits per heavy atom. The molecule has 0 bridgehead atoms. The fraction of sp³-hybridized carbons (Fsp3) is 0.500. The van der Waals surface area contributed by atoms with E-state index in [-0.39, 0.29) is 11.4 Å². The van der Waals surface area contributed by atoms with Gasteiger partial charge < -0.3 is 9.84 Å². The predicted octanol–water partition coefficient (Wildman–Crippen LogP) is 3.33. The largest absolute Gasteiger partial charge is 0.493 e. The van der Waals surface area contributed by atoms with E-state index in [1.165, 1.54) is 0 Å². The SMILES string of the molecule is CC(C)(C)SCCOc1ccc(C#CCCO)cc1. The first-order chi connectivity index (χ1) is 9.01. The van der Waals surface area contributed by atoms with E-state index in [9.17, 15) is 0 Å². The van der Waals surface area contributed by atoms with Gasteiger partial charge in [-0.3, -0.25) is 0 Å². The molecule has 1 aromatic carbocycles. The second-order valence-corrected chi connectivity index (χ2v) is 7.03. The minimum absolute atomic E-state index is 0.111. The normalized spacial score (nSPS) is 10.7. The lowest BCUT2D eigenvalue weighted by Gasteiger charge is -2.17. The average Bonchev–Trinajstić information content (AvgIpc) is 2.36. The van der Waals surface area contributed by atoms with Crippen molar-refractivity contribution in [2.45, 2.75) is 31.9 Å². The van der Waals surface area contributed by atoms with Crippen LogP contribution in [-0.4, -0.2) is 28.8 Å². The highest BCUT2D eigenvalue weighted by Crippen LogP contribution is 2.22. The van der Waals surface area contributed by atoms with Crippen molar-refractivity contribution in [2.75, 3.05) is 19.0 Å². The summed E-state index contributed by atoms with van der Waals surface area (Å²) in [7, 11) is 0. The van der Waals surface area contributed by atoms with Gasteiger partial charge in [-0.15, -0.1) is 0 Å². The highest BCUT2D eigenvalue weighted by molar-refractivity contribution is 8.00. The van der Waals surface area contributed by atoms with Crippen molar-refractivity contribution in [2.24, 2.45) is 0 Å². The van der Waals surface area contributed by atoms with Gasteiger partial charge in [0, 0.05) is 22.5 Å². The maximum atomic E-state index is 8.64. The summed E-state index contributed by atoms with van der Waals surface area (Å²) in [5, 5.41) is 8.64. The molecule has 1 rings (SSSR count). The van der Waals surface area contributed by atoms with Gasteiger partial charge in [-0.25, -0.2) is 0 Å². The molecule has 0 saturated heterocycles. The summed E-state index contributed by atoms with van der Waals surface area (Å²) in [6, 6.07) is 7.75. The molecule has 0 aromatic heterocycles. The number of rotatable bonds is 5. The molecule has 0 unspecified atom stereocenters. The van der Waals surface area contributed by atoms with E-state index in [0.29, 0.717) is 6.42 Å². The smallest absolute Gasteiger partial charge is 0.119 e. The lowest BCUT2D eigenvalue weighted by Crippen LogP contribution is -2.11. The fourth-order valence-electron chi connectivity index (χ4n) is 1.36. The van der Waals surface area contributed by atoms with Gasteiger partial charge in [0.1, 0.15) is 5.75 Å². The van der Waals surface area contributed by atoms with Gasteiger partial charge in [-0.2, -0.15) is 11.8 Å². The molecular formula is C16H22O2S. The van der Waals surface area contributed by atoms with Crippen molar-refractivity contribution in [3.05, 3.63) is 29.8 Å². The molecular weight excluding hydrogens is 256 g/mol. The highest BCUT2D eigenvalue weighted by atomic mass is 32.2. The maximum Gasteiger partial charge on any atom is 0.119 e. The van der Waals surface area contributed by atoms with Gasteiger partial charge in [0.15, 0.2) is 0 Å². The third-order valence-electron chi connectivity index (χ3n) is 2.21. The summed E-state index contributed by atoms with van der Waals surface area (Å²) in [4.78, 5) is 0. The Morgan fingerprint density at radius 3 is 2.47 bits per heavy atom. The van der Waals surface area contributed by atoms with Crippen molar-refractivity contribution in [1.82, 2.24) is 0 Å². The minimum Gasteiger partial charge on any atom is -0.493 e. The molecule has 0 radical (unpaired) electrons. The standard InChI is InChI=1S/C16H22O2S/c1-16(2,3)19-13-12-18-15-9-7-14(8-10-15)6-4-5-11-17/h7-10,17H,5,11-13H2,1-3H3. The summed E-state index contributed by atoms with van der Waals surface area (Å²) in [5.41, 5.74) is 0.949. The van der Waals surface area contributed by atoms with E-state index in [4.69, 9.17) is 9.84 Å². The Kier molecular flexibility index (Phi) is 6.83. The van der Waals surface area contributed by atoms with Gasteiger partial charge in [0.25, 0.3) is 0 Å². The van der Waals surface area contributed by atoms with Gasteiger partial charge in [-0.1, -0.05) is 32.6 Å². The van der Waals surface area contributed by atoms with E-state index in [0.717, 1.165) is 23.7 Å². The molecule has 0 aliphatic carbocycles. The molecule has 0 aliphatic rings. The van der Waals surface area contributed by atoms with Crippen LogP contribution >= 0.6 is 11.8 Å². The summed E-state index contributed by atoms with van der Waals surface area (Å²) >= 11 is 1.90. The zero-order valence-corrected chi connectivity index (χ0v) is 12.7. The lowest BCUT2D eigenvalue weighted by molar-refractivity contribution is 0.305. The Balaban J connectivity index is 2.35. The molecule has 3 heteroatoms. The van der Waals surface area contributed by atoms with Crippen LogP contribution in [-0.2, 0) is 0 Å². The van der Waals surface area contributed by atoms with E-state index in [1.807, 2.05) is 36.0 Å². The van der Waals surface area contributed by atoms with Crippen molar-refractivity contribution >= 4 is 11.8 Å². The Labute approximate surface area is 120 Å². The molecule has 104 valence electrons. The third kappa shape index (κ3) is 7.81. The number of aliphatic hydroxyl groups excluding tert-OH is 1. The summed E-state index contributed by atoms with van der Waals surface area (Å²) in [6.45, 7) is 7.45. The lowest BCUT2D eigenvalue weighted by atomic mass is 10.2. The maximum absolute atomic E-state index is 8.64. The van der Waals surface area contributed by atoms with Crippen LogP contribution < -0.4 is 4.74 Å². The molecule has 2 nitrogen and oxygen atoms in total. The van der Waals surface area contributed by atoms with Crippen LogP contribution in [0.2, 0.25) is 0 Å². The van der Waals surface area contributed by atoms with Crippen LogP contribution in [0.4, 0.5) is 0 Å². The number of benzene rings is 1. The molecule has 1 aromatic rings. The average molecular weight is 278 g/mol. The molecule has 0 heterocycles. The number of hydrogen-bond donors (Lipinski definition) is 1. The van der Waals surface area contributed by atoms with Crippen LogP contribution in [0.25, 0.3) is 0 Å². The van der Waals surface area contributed by atoms with Crippen LogP contribution in [0.5, 0.6) is 5.75 Å². The molecule has 19 heavy (non-hydrogen) atoms. The van der Waals surface area contributed by atoms with Crippen LogP contribution in [0.15, 0.2) is 24.3 Å². The number of thioether (sulfide) groups is 1. The first-order valence-electron chi connectivity index (χ1n) is 6.48. The zero-order chi connectivity index (χ0) is 14.1. The second-order valence-electron chi connectivity index (χ2n) is 5.11. The van der Waals surface area contributed by atoms with Crippen LogP contribution in [0.1, 0.15) is 32.8 Å². The summed E-state index contributed by atoms with van der Waals surface area (Å²) in [6.07, 6.45) is 0.516. The quantitative estimate of drug-likeness (QED) is 0.662. The second kappa shape index (κ2) is 8.14. The van der Waals surface area contributed by atoms with Gasteiger partial charge in [-0.05, 0) is 24.3 Å². The molecule has 0 atom stereocenters. The predicted molar refractivity (Wildman–Crippen MR) is 82.7 cm³/mol. The van der Waals surface area contributed by atoms with Gasteiger partial charge in [0.2, 0.25) is 0 Å². The third-order valence-corrected chi connectivity index (χ3v) is 3.45. The monoisotopic (exact) mass is 278 g/mol. The molecule has 0 amide bonds. The van der Waals surface area contributed by atoms with Crippen molar-refractivity contribution in [3.63, 3.8) is 0 Å². The van der Waals surface area contributed by atoms with Crippen LogP contribution in [0, 0.1) is 11.8 Å². The number of hydrogen-bond acceptors (Lipinski definition) is 3. The Hall–Kier alpha value is -1.11. The molecule has 0 fully saturated rings. The fourth-order valence-corrected chi connectivity index (χ4v) is 2.14. The van der Waals surface area contributed by atoms with Crippen molar-refractivity contribution in [1.29, 1.82) is 0 Å². The molecule has 0 saturated carbocycles. The van der Waals surface area contributed by atoms with Gasteiger partial charge in [0.05, 0.1) is 13.2 Å². The topological polar surface area (TPSA) is 29.5 Å². The molecule has 1 N–H and O–H groups in total.